The normalized spacial score (nSPS) is 38.0. The average molecular weight is 280 g/mol. The third-order valence-corrected chi connectivity index (χ3v) is 5.59. The Morgan fingerprint density at radius 1 is 1.15 bits per heavy atom. The Morgan fingerprint density at radius 2 is 2.00 bits per heavy atom. The van der Waals surface area contributed by atoms with E-state index < -0.39 is 0 Å². The molecular formula is C17H32N2O. The minimum atomic E-state index is 0.126. The van der Waals surface area contributed by atoms with Crippen molar-refractivity contribution >= 4 is 0 Å². The van der Waals surface area contributed by atoms with Gasteiger partial charge in [0.2, 0.25) is 0 Å². The fraction of sp³-hybridized carbons (Fsp3) is 1.00. The molecule has 0 spiro atoms. The Kier molecular flexibility index (Phi) is 5.00. The molecule has 0 aromatic heterocycles. The molecule has 3 fully saturated rings. The van der Waals surface area contributed by atoms with Gasteiger partial charge in [0, 0.05) is 25.7 Å². The van der Waals surface area contributed by atoms with Gasteiger partial charge in [-0.2, -0.15) is 0 Å². The molecule has 0 aromatic rings. The van der Waals surface area contributed by atoms with Crippen LogP contribution in [0.2, 0.25) is 0 Å². The molecule has 3 heteroatoms. The first kappa shape index (κ1) is 14.8. The molecule has 1 N–H and O–H groups in total. The van der Waals surface area contributed by atoms with Crippen molar-refractivity contribution in [3.63, 3.8) is 0 Å². The van der Waals surface area contributed by atoms with Gasteiger partial charge in [0.1, 0.15) is 0 Å². The van der Waals surface area contributed by atoms with Crippen LogP contribution in [0.4, 0.5) is 0 Å². The summed E-state index contributed by atoms with van der Waals surface area (Å²) in [6.07, 6.45) is 11.0. The Morgan fingerprint density at radius 3 is 2.75 bits per heavy atom. The van der Waals surface area contributed by atoms with Crippen molar-refractivity contribution < 1.29 is 4.74 Å². The second-order valence-electron chi connectivity index (χ2n) is 7.45. The highest BCUT2D eigenvalue weighted by molar-refractivity contribution is 4.89. The van der Waals surface area contributed by atoms with Crippen LogP contribution >= 0.6 is 0 Å². The van der Waals surface area contributed by atoms with Gasteiger partial charge in [0.05, 0.1) is 5.60 Å². The fourth-order valence-corrected chi connectivity index (χ4v) is 4.45. The highest BCUT2D eigenvalue weighted by Crippen LogP contribution is 2.30. The van der Waals surface area contributed by atoms with Crippen molar-refractivity contribution in [2.45, 2.75) is 69.9 Å². The molecule has 116 valence electrons. The topological polar surface area (TPSA) is 24.5 Å². The highest BCUT2D eigenvalue weighted by Gasteiger charge is 2.34. The van der Waals surface area contributed by atoms with Gasteiger partial charge in [-0.1, -0.05) is 19.3 Å². The molecule has 1 aliphatic carbocycles. The molecule has 0 amide bonds. The summed E-state index contributed by atoms with van der Waals surface area (Å²) < 4.78 is 6.00. The van der Waals surface area contributed by atoms with Gasteiger partial charge < -0.3 is 10.1 Å². The first-order chi connectivity index (χ1) is 9.75. The van der Waals surface area contributed by atoms with E-state index in [1.807, 2.05) is 0 Å². The van der Waals surface area contributed by atoms with Crippen LogP contribution in [0.25, 0.3) is 0 Å². The molecule has 3 nitrogen and oxygen atoms in total. The van der Waals surface area contributed by atoms with E-state index >= 15 is 0 Å². The predicted octanol–water partition coefficient (Wildman–Crippen LogP) is 2.80. The van der Waals surface area contributed by atoms with Crippen LogP contribution in [0.3, 0.4) is 0 Å². The minimum absolute atomic E-state index is 0.126. The molecule has 0 radical (unpaired) electrons. The second kappa shape index (κ2) is 6.76. The first-order valence-corrected chi connectivity index (χ1v) is 8.85. The van der Waals surface area contributed by atoms with E-state index in [1.54, 1.807) is 0 Å². The molecule has 0 bridgehead atoms. The van der Waals surface area contributed by atoms with Crippen molar-refractivity contribution in [1.82, 2.24) is 10.2 Å². The zero-order valence-electron chi connectivity index (χ0n) is 13.2. The smallest absolute Gasteiger partial charge is 0.0781 e. The van der Waals surface area contributed by atoms with E-state index in [9.17, 15) is 0 Å². The van der Waals surface area contributed by atoms with Crippen LogP contribution in [0.15, 0.2) is 0 Å². The van der Waals surface area contributed by atoms with E-state index in [0.717, 1.165) is 25.1 Å². The first-order valence-electron chi connectivity index (χ1n) is 8.85. The number of hydrogen-bond donors (Lipinski definition) is 1. The minimum Gasteiger partial charge on any atom is -0.374 e. The monoisotopic (exact) mass is 280 g/mol. The number of ether oxygens (including phenoxy) is 1. The van der Waals surface area contributed by atoms with Crippen LogP contribution in [0, 0.1) is 5.92 Å². The van der Waals surface area contributed by atoms with E-state index in [1.165, 1.54) is 71.0 Å². The van der Waals surface area contributed by atoms with Gasteiger partial charge >= 0.3 is 0 Å². The summed E-state index contributed by atoms with van der Waals surface area (Å²) in [5, 5.41) is 3.84. The van der Waals surface area contributed by atoms with E-state index in [4.69, 9.17) is 4.74 Å². The van der Waals surface area contributed by atoms with Gasteiger partial charge in [0.15, 0.2) is 0 Å². The second-order valence-corrected chi connectivity index (χ2v) is 7.45. The molecule has 3 rings (SSSR count). The molecule has 2 atom stereocenters. The molecule has 3 aliphatic rings. The lowest BCUT2D eigenvalue weighted by molar-refractivity contribution is -0.0105. The summed E-state index contributed by atoms with van der Waals surface area (Å²) in [7, 11) is 0. The lowest BCUT2D eigenvalue weighted by atomic mass is 9.83. The quantitative estimate of drug-likeness (QED) is 0.860. The van der Waals surface area contributed by atoms with Gasteiger partial charge in [-0.3, -0.25) is 4.90 Å². The van der Waals surface area contributed by atoms with Gasteiger partial charge in [-0.05, 0) is 58.0 Å². The van der Waals surface area contributed by atoms with Crippen LogP contribution in [0.1, 0.15) is 58.3 Å². The lowest BCUT2D eigenvalue weighted by Gasteiger charge is -2.36. The Labute approximate surface area is 124 Å². The van der Waals surface area contributed by atoms with Crippen LogP contribution in [0.5, 0.6) is 0 Å². The number of hydrogen-bond acceptors (Lipinski definition) is 3. The third-order valence-electron chi connectivity index (χ3n) is 5.59. The van der Waals surface area contributed by atoms with E-state index in [0.29, 0.717) is 0 Å². The maximum atomic E-state index is 6.00. The molecule has 1 saturated carbocycles. The van der Waals surface area contributed by atoms with Crippen molar-refractivity contribution in [3.05, 3.63) is 0 Å². The van der Waals surface area contributed by atoms with Crippen LogP contribution in [-0.2, 0) is 4.74 Å². The van der Waals surface area contributed by atoms with Crippen molar-refractivity contribution in [2.24, 2.45) is 5.92 Å². The zero-order chi connectivity index (χ0) is 13.8. The SMILES string of the molecule is CC1(CN2CCCNC(C3CCCCC3)C2)CCCO1. The van der Waals surface area contributed by atoms with Crippen LogP contribution in [-0.4, -0.2) is 49.3 Å². The van der Waals surface area contributed by atoms with Gasteiger partial charge in [-0.25, -0.2) is 0 Å². The van der Waals surface area contributed by atoms with Crippen LogP contribution < -0.4 is 5.32 Å². The summed E-state index contributed by atoms with van der Waals surface area (Å²) >= 11 is 0. The summed E-state index contributed by atoms with van der Waals surface area (Å²) in [5.74, 6) is 0.918. The average Bonchev–Trinajstić information content (AvgIpc) is 2.75. The highest BCUT2D eigenvalue weighted by atomic mass is 16.5. The zero-order valence-corrected chi connectivity index (χ0v) is 13.2. The van der Waals surface area contributed by atoms with Gasteiger partial charge in [-0.15, -0.1) is 0 Å². The number of nitrogens with one attached hydrogen (secondary N) is 1. The van der Waals surface area contributed by atoms with Crippen molar-refractivity contribution in [2.75, 3.05) is 32.8 Å². The molecule has 2 heterocycles. The maximum Gasteiger partial charge on any atom is 0.0781 e. The molecule has 0 aromatic carbocycles. The Balaban J connectivity index is 1.56. The maximum absolute atomic E-state index is 6.00. The number of nitrogens with zero attached hydrogens (tertiary/aromatic N) is 1. The fourth-order valence-electron chi connectivity index (χ4n) is 4.45. The van der Waals surface area contributed by atoms with Gasteiger partial charge in [0.25, 0.3) is 0 Å². The molecular weight excluding hydrogens is 248 g/mol. The van der Waals surface area contributed by atoms with Crippen molar-refractivity contribution in [1.29, 1.82) is 0 Å². The largest absolute Gasteiger partial charge is 0.374 e. The third kappa shape index (κ3) is 3.75. The molecule has 20 heavy (non-hydrogen) atoms. The summed E-state index contributed by atoms with van der Waals surface area (Å²) in [6.45, 7) is 8.11. The van der Waals surface area contributed by atoms with E-state index in [2.05, 4.69) is 17.1 Å². The molecule has 2 unspecified atom stereocenters. The lowest BCUT2D eigenvalue weighted by Crippen LogP contribution is -2.47. The predicted molar refractivity (Wildman–Crippen MR) is 83.0 cm³/mol. The standard InChI is InChI=1S/C17H32N2O/c1-17(9-5-12-20-17)14-19-11-6-10-18-16(13-19)15-7-3-2-4-8-15/h15-16,18H,2-14H2,1H3. The summed E-state index contributed by atoms with van der Waals surface area (Å²) in [4.78, 5) is 2.69. The molecule has 2 aliphatic heterocycles. The van der Waals surface area contributed by atoms with E-state index in [-0.39, 0.29) is 5.60 Å². The Hall–Kier alpha value is -0.120. The molecule has 2 saturated heterocycles. The number of rotatable bonds is 3. The summed E-state index contributed by atoms with van der Waals surface area (Å²) in [6, 6.07) is 0.725. The Bertz CT molecular complexity index is 295. The van der Waals surface area contributed by atoms with Crippen molar-refractivity contribution in [3.8, 4) is 0 Å². The summed E-state index contributed by atoms with van der Waals surface area (Å²) in [5.41, 5.74) is 0.126.